The predicted octanol–water partition coefficient (Wildman–Crippen LogP) is 4.02. The minimum absolute atomic E-state index is 0.181. The lowest BCUT2D eigenvalue weighted by Crippen LogP contribution is -2.54. The van der Waals surface area contributed by atoms with Gasteiger partial charge in [0.15, 0.2) is 23.2 Å². The minimum atomic E-state index is -1.42. The highest BCUT2D eigenvalue weighted by Gasteiger charge is 2.60. The summed E-state index contributed by atoms with van der Waals surface area (Å²) >= 11 is 0. The van der Waals surface area contributed by atoms with Crippen LogP contribution >= 0.6 is 0 Å². The fraction of sp³-hybridized carbons (Fsp3) is 0.667. The van der Waals surface area contributed by atoms with Crippen LogP contribution in [0.15, 0.2) is 24.0 Å². The number of ether oxygens (including phenoxy) is 6. The fourth-order valence-electron chi connectivity index (χ4n) is 7.53. The zero-order valence-corrected chi connectivity index (χ0v) is 23.4. The van der Waals surface area contributed by atoms with E-state index in [1.54, 1.807) is 14.0 Å². The summed E-state index contributed by atoms with van der Waals surface area (Å²) in [7, 11) is 1.63. The summed E-state index contributed by atoms with van der Waals surface area (Å²) in [5.41, 5.74) is -0.0676. The van der Waals surface area contributed by atoms with E-state index in [0.717, 1.165) is 56.5 Å². The monoisotopic (exact) mass is 541 g/mol. The van der Waals surface area contributed by atoms with Gasteiger partial charge in [-0.2, -0.15) is 0 Å². The Balaban J connectivity index is 1.40. The quantitative estimate of drug-likeness (QED) is 0.495. The molecular formula is C30H39NO8. The molecule has 0 aromatic heterocycles. The third kappa shape index (κ3) is 4.38. The molecular weight excluding hydrogens is 502 g/mol. The maximum atomic E-state index is 14.2. The average Bonchev–Trinajstić information content (AvgIpc) is 3.57. The molecule has 0 radical (unpaired) electrons. The number of hydrogen-bond donors (Lipinski definition) is 0. The Morgan fingerprint density at radius 2 is 1.87 bits per heavy atom. The van der Waals surface area contributed by atoms with Crippen molar-refractivity contribution in [2.24, 2.45) is 0 Å². The van der Waals surface area contributed by atoms with Crippen molar-refractivity contribution in [2.45, 2.75) is 94.5 Å². The Labute approximate surface area is 229 Å². The third-order valence-corrected chi connectivity index (χ3v) is 9.14. The van der Waals surface area contributed by atoms with Gasteiger partial charge in [0.2, 0.25) is 6.79 Å². The van der Waals surface area contributed by atoms with Gasteiger partial charge in [-0.3, -0.25) is 9.69 Å². The van der Waals surface area contributed by atoms with E-state index >= 15 is 0 Å². The lowest BCUT2D eigenvalue weighted by Gasteiger charge is -2.44. The molecule has 5 aliphatic rings. The highest BCUT2D eigenvalue weighted by atomic mass is 16.7. The summed E-state index contributed by atoms with van der Waals surface area (Å²) in [6.45, 7) is 7.95. The minimum Gasteiger partial charge on any atom is -0.497 e. The van der Waals surface area contributed by atoms with Gasteiger partial charge in [-0.25, -0.2) is 4.79 Å². The lowest BCUT2D eigenvalue weighted by molar-refractivity contribution is -0.216. The Morgan fingerprint density at radius 1 is 1.08 bits per heavy atom. The molecule has 0 N–H and O–H groups in total. The van der Waals surface area contributed by atoms with Crippen LogP contribution < -0.4 is 9.47 Å². The molecule has 9 heteroatoms. The van der Waals surface area contributed by atoms with Crippen molar-refractivity contribution in [2.75, 3.05) is 33.6 Å². The highest BCUT2D eigenvalue weighted by molar-refractivity contribution is 5.86. The van der Waals surface area contributed by atoms with Crippen molar-refractivity contribution in [3.8, 4) is 11.5 Å². The van der Waals surface area contributed by atoms with Gasteiger partial charge in [-0.05, 0) is 95.2 Å². The van der Waals surface area contributed by atoms with E-state index in [-0.39, 0.29) is 31.3 Å². The molecule has 2 fully saturated rings. The molecule has 4 atom stereocenters. The Bertz CT molecular complexity index is 1190. The zero-order chi connectivity index (χ0) is 27.4. The summed E-state index contributed by atoms with van der Waals surface area (Å²) in [6, 6.07) is 4.14. The molecule has 0 saturated carbocycles. The molecule has 1 aromatic carbocycles. The fourth-order valence-corrected chi connectivity index (χ4v) is 7.53. The van der Waals surface area contributed by atoms with Crippen LogP contribution in [0.1, 0.15) is 76.3 Å². The number of methoxy groups -OCH3 is 1. The summed E-state index contributed by atoms with van der Waals surface area (Å²) in [4.78, 5) is 29.4. The second-order valence-corrected chi connectivity index (χ2v) is 12.0. The molecule has 39 heavy (non-hydrogen) atoms. The topological polar surface area (TPSA) is 92.8 Å². The van der Waals surface area contributed by atoms with Crippen molar-refractivity contribution >= 4 is 11.9 Å². The molecule has 2 unspecified atom stereocenters. The van der Waals surface area contributed by atoms with Crippen molar-refractivity contribution in [1.82, 2.24) is 4.90 Å². The normalized spacial score (nSPS) is 32.4. The smallest absolute Gasteiger partial charge is 0.339 e. The molecule has 4 heterocycles. The molecule has 1 spiro atoms. The van der Waals surface area contributed by atoms with Gasteiger partial charge in [0, 0.05) is 6.54 Å². The Hall–Kier alpha value is -2.78. The zero-order valence-electron chi connectivity index (χ0n) is 23.4. The van der Waals surface area contributed by atoms with Crippen molar-refractivity contribution in [1.29, 1.82) is 0 Å². The Morgan fingerprint density at radius 3 is 2.62 bits per heavy atom. The average molecular weight is 542 g/mol. The number of rotatable bonds is 6. The SMILES string of the molecule is CCOC(=O)CC1(C(=O)OC2C(OC)=C[C@]34CCCN3CCc3cc5c(cc3[C@H]24)OCO5)CCCC(C)(C)O1. The second-order valence-electron chi connectivity index (χ2n) is 12.0. The van der Waals surface area contributed by atoms with Gasteiger partial charge in [-0.15, -0.1) is 0 Å². The van der Waals surface area contributed by atoms with Crippen molar-refractivity contribution < 1.29 is 38.0 Å². The number of esters is 2. The lowest BCUT2D eigenvalue weighted by atomic mass is 9.77. The van der Waals surface area contributed by atoms with E-state index < -0.39 is 29.2 Å². The van der Waals surface area contributed by atoms with Gasteiger partial charge in [0.05, 0.1) is 37.2 Å². The third-order valence-electron chi connectivity index (χ3n) is 9.14. The molecule has 2 saturated heterocycles. The van der Waals surface area contributed by atoms with Crippen LogP contribution in [-0.4, -0.2) is 73.3 Å². The first-order valence-corrected chi connectivity index (χ1v) is 14.2. The summed E-state index contributed by atoms with van der Waals surface area (Å²) in [5.74, 6) is 0.899. The maximum Gasteiger partial charge on any atom is 0.339 e. The van der Waals surface area contributed by atoms with Gasteiger partial charge in [-0.1, -0.05) is 0 Å². The molecule has 212 valence electrons. The van der Waals surface area contributed by atoms with Crippen LogP contribution in [0, 0.1) is 0 Å². The number of hydrogen-bond acceptors (Lipinski definition) is 9. The standard InChI is InChI=1S/C30H39NO8/c1-5-35-24(32)17-30(11-6-9-28(2,3)39-30)27(33)38-26-23(34-4)16-29-10-7-12-31(29)13-8-19-14-21-22(37-18-36-21)15-20(19)25(26)29/h14-16,25-26H,5-13,17-18H2,1-4H3/t25-,26?,29+,30?/m1/s1. The van der Waals surface area contributed by atoms with Gasteiger partial charge in [0.25, 0.3) is 0 Å². The van der Waals surface area contributed by atoms with Crippen LogP contribution in [0.5, 0.6) is 11.5 Å². The summed E-state index contributed by atoms with van der Waals surface area (Å²) in [6.07, 6.45) is 6.09. The van der Waals surface area contributed by atoms with Gasteiger partial charge < -0.3 is 28.4 Å². The first kappa shape index (κ1) is 26.4. The largest absolute Gasteiger partial charge is 0.497 e. The van der Waals surface area contributed by atoms with E-state index in [4.69, 9.17) is 28.4 Å². The number of nitrogens with zero attached hydrogens (tertiary/aromatic N) is 1. The van der Waals surface area contributed by atoms with E-state index in [1.807, 2.05) is 13.8 Å². The molecule has 9 nitrogen and oxygen atoms in total. The molecule has 1 aromatic rings. The summed E-state index contributed by atoms with van der Waals surface area (Å²) in [5, 5.41) is 0. The highest BCUT2D eigenvalue weighted by Crippen LogP contribution is 2.56. The maximum absolute atomic E-state index is 14.2. The van der Waals surface area contributed by atoms with Crippen molar-refractivity contribution in [3.63, 3.8) is 0 Å². The van der Waals surface area contributed by atoms with Crippen LogP contribution in [0.3, 0.4) is 0 Å². The molecule has 1 aliphatic carbocycles. The first-order chi connectivity index (χ1) is 18.7. The van der Waals surface area contributed by atoms with E-state index in [9.17, 15) is 9.59 Å². The van der Waals surface area contributed by atoms with Gasteiger partial charge >= 0.3 is 11.9 Å². The van der Waals surface area contributed by atoms with Crippen LogP contribution in [0.2, 0.25) is 0 Å². The summed E-state index contributed by atoms with van der Waals surface area (Å²) < 4.78 is 35.5. The van der Waals surface area contributed by atoms with E-state index in [2.05, 4.69) is 23.1 Å². The van der Waals surface area contributed by atoms with Crippen LogP contribution in [0.25, 0.3) is 0 Å². The molecule has 6 rings (SSSR count). The van der Waals surface area contributed by atoms with E-state index in [1.165, 1.54) is 5.56 Å². The second kappa shape index (κ2) is 9.70. The van der Waals surface area contributed by atoms with Crippen LogP contribution in [-0.2, 0) is 35.0 Å². The van der Waals surface area contributed by atoms with Crippen LogP contribution in [0.4, 0.5) is 0 Å². The van der Waals surface area contributed by atoms with Crippen molar-refractivity contribution in [3.05, 3.63) is 35.1 Å². The number of benzene rings is 1. The Kier molecular flexibility index (Phi) is 6.57. The molecule has 0 bridgehead atoms. The van der Waals surface area contributed by atoms with Gasteiger partial charge in [0.1, 0.15) is 5.76 Å². The number of carbonyl (C=O) groups is 2. The number of fused-ring (bicyclic) bond motifs is 3. The number of carbonyl (C=O) groups excluding carboxylic acids is 2. The predicted molar refractivity (Wildman–Crippen MR) is 141 cm³/mol. The first-order valence-electron chi connectivity index (χ1n) is 14.2. The molecule has 4 aliphatic heterocycles. The van der Waals surface area contributed by atoms with E-state index in [0.29, 0.717) is 17.9 Å². The molecule has 0 amide bonds.